The first-order chi connectivity index (χ1) is 11.8. The van der Waals surface area contributed by atoms with Crippen LogP contribution in [0.3, 0.4) is 0 Å². The van der Waals surface area contributed by atoms with E-state index in [1.54, 1.807) is 0 Å². The minimum Gasteiger partial charge on any atom is -0.494 e. The molecule has 4 nitrogen and oxygen atoms in total. The lowest BCUT2D eigenvalue weighted by atomic mass is 9.90. The Hall–Kier alpha value is -1.76. The van der Waals surface area contributed by atoms with E-state index in [1.807, 2.05) is 31.2 Å². The van der Waals surface area contributed by atoms with Gasteiger partial charge in [0, 0.05) is 11.3 Å². The lowest BCUT2D eigenvalue weighted by molar-refractivity contribution is 0.336. The highest BCUT2D eigenvalue weighted by atomic mass is 127. The van der Waals surface area contributed by atoms with Crippen molar-refractivity contribution in [2.24, 2.45) is 10.7 Å². The van der Waals surface area contributed by atoms with Gasteiger partial charge in [0.25, 0.3) is 0 Å². The number of aryl methyl sites for hydroxylation is 1. The third-order valence-electron chi connectivity index (χ3n) is 4.35. The molecule has 1 aliphatic carbocycles. The van der Waals surface area contributed by atoms with Gasteiger partial charge >= 0.3 is 0 Å². The maximum absolute atomic E-state index is 6.11. The van der Waals surface area contributed by atoms with Crippen molar-refractivity contribution in [1.29, 1.82) is 0 Å². The van der Waals surface area contributed by atoms with Crippen LogP contribution in [0, 0.1) is 0 Å². The Morgan fingerprint density at radius 2 is 1.92 bits per heavy atom. The zero-order chi connectivity index (χ0) is 16.8. The van der Waals surface area contributed by atoms with Crippen molar-refractivity contribution >= 4 is 35.6 Å². The van der Waals surface area contributed by atoms with E-state index in [1.165, 1.54) is 24.0 Å². The molecule has 134 valence electrons. The molecule has 25 heavy (non-hydrogen) atoms. The second-order valence-corrected chi connectivity index (χ2v) is 6.02. The lowest BCUT2D eigenvalue weighted by Gasteiger charge is -2.19. The van der Waals surface area contributed by atoms with Gasteiger partial charge < -0.3 is 15.8 Å². The quantitative estimate of drug-likeness (QED) is 0.400. The van der Waals surface area contributed by atoms with Crippen LogP contribution in [0.4, 0.5) is 5.69 Å². The van der Waals surface area contributed by atoms with E-state index < -0.39 is 0 Å². The van der Waals surface area contributed by atoms with Crippen LogP contribution in [0.1, 0.15) is 36.5 Å². The summed E-state index contributed by atoms with van der Waals surface area (Å²) < 4.78 is 5.63. The van der Waals surface area contributed by atoms with Gasteiger partial charge in [0.2, 0.25) is 0 Å². The Bertz CT molecular complexity index is 731. The fourth-order valence-electron chi connectivity index (χ4n) is 3.18. The van der Waals surface area contributed by atoms with Crippen molar-refractivity contribution in [2.45, 2.75) is 39.2 Å². The largest absolute Gasteiger partial charge is 0.494 e. The van der Waals surface area contributed by atoms with Crippen LogP contribution in [0.2, 0.25) is 0 Å². The van der Waals surface area contributed by atoms with Crippen LogP contribution in [0.5, 0.6) is 5.75 Å². The minimum atomic E-state index is 0. The van der Waals surface area contributed by atoms with E-state index in [2.05, 4.69) is 28.5 Å². The topological polar surface area (TPSA) is 59.6 Å². The Morgan fingerprint density at radius 3 is 2.76 bits per heavy atom. The molecule has 0 amide bonds. The number of nitrogens with two attached hydrogens (primary N) is 1. The molecule has 0 saturated carbocycles. The zero-order valence-electron chi connectivity index (χ0n) is 14.6. The Balaban J connectivity index is 0.00000225. The highest BCUT2D eigenvalue weighted by Gasteiger charge is 2.13. The van der Waals surface area contributed by atoms with E-state index in [0.717, 1.165) is 29.8 Å². The van der Waals surface area contributed by atoms with Crippen molar-refractivity contribution in [3.05, 3.63) is 59.2 Å². The van der Waals surface area contributed by atoms with Gasteiger partial charge in [0.15, 0.2) is 5.96 Å². The summed E-state index contributed by atoms with van der Waals surface area (Å²) in [6.45, 7) is 3.13. The lowest BCUT2D eigenvalue weighted by Crippen LogP contribution is -2.24. The predicted octanol–water partition coefficient (Wildman–Crippen LogP) is 4.51. The fourth-order valence-corrected chi connectivity index (χ4v) is 3.18. The first kappa shape index (κ1) is 19.6. The third-order valence-corrected chi connectivity index (χ3v) is 4.35. The number of hydrogen-bond donors (Lipinski definition) is 2. The zero-order valence-corrected chi connectivity index (χ0v) is 17.0. The Morgan fingerprint density at radius 1 is 1.12 bits per heavy atom. The number of benzene rings is 2. The number of hydrogen-bond acceptors (Lipinski definition) is 2. The van der Waals surface area contributed by atoms with Crippen LogP contribution < -0.4 is 15.8 Å². The van der Waals surface area contributed by atoms with Crippen molar-refractivity contribution in [3.8, 4) is 5.75 Å². The minimum absolute atomic E-state index is 0. The average molecular weight is 451 g/mol. The molecule has 3 rings (SSSR count). The molecule has 2 aromatic rings. The highest BCUT2D eigenvalue weighted by Crippen LogP contribution is 2.27. The average Bonchev–Trinajstić information content (AvgIpc) is 2.62. The van der Waals surface area contributed by atoms with E-state index in [9.17, 15) is 0 Å². The van der Waals surface area contributed by atoms with Gasteiger partial charge in [-0.05, 0) is 55.9 Å². The molecule has 5 heteroatoms. The number of guanidine groups is 1. The summed E-state index contributed by atoms with van der Waals surface area (Å²) in [5.74, 6) is 1.31. The normalized spacial score (nSPS) is 13.6. The summed E-state index contributed by atoms with van der Waals surface area (Å²) in [4.78, 5) is 4.48. The molecule has 0 bridgehead atoms. The number of fused-ring (bicyclic) bond motifs is 1. The summed E-state index contributed by atoms with van der Waals surface area (Å²) >= 11 is 0. The molecule has 0 atom stereocenters. The van der Waals surface area contributed by atoms with Crippen LogP contribution in [0.15, 0.2) is 47.5 Å². The van der Waals surface area contributed by atoms with Gasteiger partial charge in [-0.1, -0.05) is 30.3 Å². The molecule has 0 spiro atoms. The van der Waals surface area contributed by atoms with Crippen molar-refractivity contribution < 1.29 is 4.74 Å². The van der Waals surface area contributed by atoms with Crippen molar-refractivity contribution in [1.82, 2.24) is 0 Å². The summed E-state index contributed by atoms with van der Waals surface area (Å²) in [5.41, 5.74) is 11.1. The van der Waals surface area contributed by atoms with Gasteiger partial charge in [0.05, 0.1) is 13.2 Å². The highest BCUT2D eigenvalue weighted by molar-refractivity contribution is 14.0. The van der Waals surface area contributed by atoms with Gasteiger partial charge in [-0.15, -0.1) is 24.0 Å². The third kappa shape index (κ3) is 5.11. The molecule has 0 aliphatic heterocycles. The van der Waals surface area contributed by atoms with Gasteiger partial charge in [-0.2, -0.15) is 0 Å². The number of nitrogens with one attached hydrogen (secondary N) is 1. The summed E-state index contributed by atoms with van der Waals surface area (Å²) in [7, 11) is 0. The van der Waals surface area contributed by atoms with E-state index in [-0.39, 0.29) is 24.0 Å². The van der Waals surface area contributed by atoms with Crippen molar-refractivity contribution in [3.63, 3.8) is 0 Å². The number of para-hydroxylation sites is 1. The number of halogens is 1. The Kier molecular flexibility index (Phi) is 7.55. The first-order valence-corrected chi connectivity index (χ1v) is 8.66. The van der Waals surface area contributed by atoms with E-state index in [0.29, 0.717) is 19.1 Å². The smallest absolute Gasteiger partial charge is 0.193 e. The maximum Gasteiger partial charge on any atom is 0.193 e. The summed E-state index contributed by atoms with van der Waals surface area (Å²) in [6.07, 6.45) is 4.78. The molecule has 0 unspecified atom stereocenters. The standard InChI is InChI=1S/C20H25N3O.HI/c1-2-24-19-13-6-4-9-16(19)14-22-20(21)23-18-12-7-10-15-8-3-5-11-17(15)18;/h4,6-7,9-10,12-13H,2-3,5,8,11,14H2,1H3,(H3,21,22,23);1H. The second kappa shape index (κ2) is 9.65. The van der Waals surface area contributed by atoms with E-state index in [4.69, 9.17) is 10.5 Å². The van der Waals surface area contributed by atoms with Crippen LogP contribution in [-0.4, -0.2) is 12.6 Å². The number of nitrogens with zero attached hydrogens (tertiary/aromatic N) is 1. The maximum atomic E-state index is 6.11. The molecular weight excluding hydrogens is 425 g/mol. The number of ether oxygens (including phenoxy) is 1. The van der Waals surface area contributed by atoms with Crippen LogP contribution >= 0.6 is 24.0 Å². The number of anilines is 1. The van der Waals surface area contributed by atoms with Gasteiger partial charge in [-0.3, -0.25) is 0 Å². The van der Waals surface area contributed by atoms with Crippen LogP contribution in [-0.2, 0) is 19.4 Å². The molecule has 3 N–H and O–H groups in total. The van der Waals surface area contributed by atoms with Crippen molar-refractivity contribution in [2.75, 3.05) is 11.9 Å². The van der Waals surface area contributed by atoms with E-state index >= 15 is 0 Å². The number of aliphatic imine (C=N–C) groups is 1. The second-order valence-electron chi connectivity index (χ2n) is 6.02. The predicted molar refractivity (Wildman–Crippen MR) is 115 cm³/mol. The fraction of sp³-hybridized carbons (Fsp3) is 0.350. The SMILES string of the molecule is CCOc1ccccc1CN=C(N)Nc1cccc2c1CCCC2.I. The van der Waals surface area contributed by atoms with Gasteiger partial charge in [0.1, 0.15) is 5.75 Å². The molecule has 0 radical (unpaired) electrons. The molecular formula is C20H26IN3O. The monoisotopic (exact) mass is 451 g/mol. The molecule has 0 heterocycles. The summed E-state index contributed by atoms with van der Waals surface area (Å²) in [5, 5.41) is 3.28. The van der Waals surface area contributed by atoms with Crippen LogP contribution in [0.25, 0.3) is 0 Å². The summed E-state index contributed by atoms with van der Waals surface area (Å²) in [6, 6.07) is 14.3. The molecule has 0 fully saturated rings. The first-order valence-electron chi connectivity index (χ1n) is 8.66. The number of rotatable bonds is 5. The van der Waals surface area contributed by atoms with Gasteiger partial charge in [-0.25, -0.2) is 4.99 Å². The molecule has 0 aromatic heterocycles. The molecule has 1 aliphatic rings. The molecule has 0 saturated heterocycles. The Labute approximate surface area is 166 Å². The molecule has 2 aromatic carbocycles.